The van der Waals surface area contributed by atoms with E-state index in [1.807, 2.05) is 12.2 Å². The van der Waals surface area contributed by atoms with Gasteiger partial charge in [0.25, 0.3) is 0 Å². The normalized spacial score (nSPS) is 28.2. The largest absolute Gasteiger partial charge is 0.463 e. The van der Waals surface area contributed by atoms with Crippen LogP contribution in [0.2, 0.25) is 0 Å². The number of ether oxygens (including phenoxy) is 1. The number of carbonyl (C=O) groups excluding carboxylic acids is 1. The maximum atomic E-state index is 12.4. The number of hydrogen-bond donors (Lipinski definition) is 1. The Hall–Kier alpha value is -1.25. The molecule has 3 unspecified atom stereocenters. The van der Waals surface area contributed by atoms with Crippen LogP contribution in [0, 0.1) is 17.8 Å². The van der Waals surface area contributed by atoms with Gasteiger partial charge in [-0.05, 0) is 37.0 Å². The Balaban J connectivity index is 1.93. The number of hydrogen-bond acceptors (Lipinski definition) is 3. The fourth-order valence-corrected chi connectivity index (χ4v) is 3.03. The molecule has 0 radical (unpaired) electrons. The molecular weight excluding hydrogens is 318 g/mol. The van der Waals surface area contributed by atoms with E-state index in [0.717, 1.165) is 12.8 Å². The van der Waals surface area contributed by atoms with Crippen LogP contribution in [0.25, 0.3) is 0 Å². The highest BCUT2D eigenvalue weighted by Crippen LogP contribution is 2.46. The highest BCUT2D eigenvalue weighted by molar-refractivity contribution is 5.81. The van der Waals surface area contributed by atoms with Crippen LogP contribution >= 0.6 is 0 Å². The second kappa shape index (κ2) is 5.43. The molecule has 22 heavy (non-hydrogen) atoms. The minimum atomic E-state index is -6.20. The first kappa shape index (κ1) is 17.1. The Morgan fingerprint density at radius 1 is 1.09 bits per heavy atom. The third-order valence-corrected chi connectivity index (χ3v) is 4.25. The number of carbonyl (C=O) groups is 1. The highest BCUT2D eigenvalue weighted by Gasteiger charge is 2.76. The molecule has 1 saturated carbocycles. The minimum absolute atomic E-state index is 0.0765. The molecule has 2 aliphatic carbocycles. The van der Waals surface area contributed by atoms with Crippen LogP contribution in [0.3, 0.4) is 0 Å². The molecule has 0 heterocycles. The van der Waals surface area contributed by atoms with Gasteiger partial charge in [0.05, 0.1) is 6.61 Å². The molecule has 0 aromatic heterocycles. The van der Waals surface area contributed by atoms with Crippen molar-refractivity contribution in [1.29, 1.82) is 0 Å². The van der Waals surface area contributed by atoms with Crippen molar-refractivity contribution < 1.29 is 41.0 Å². The number of fused-ring (bicyclic) bond motifs is 2. The van der Waals surface area contributed by atoms with Gasteiger partial charge < -0.3 is 9.84 Å². The lowest BCUT2D eigenvalue weighted by Gasteiger charge is -2.30. The molecule has 0 spiro atoms. The molecular formula is C13H14F6O3. The molecule has 126 valence electrons. The van der Waals surface area contributed by atoms with E-state index in [9.17, 15) is 31.1 Å². The molecule has 0 saturated heterocycles. The van der Waals surface area contributed by atoms with E-state index in [0.29, 0.717) is 5.92 Å². The lowest BCUT2D eigenvalue weighted by Crippen LogP contribution is -2.63. The third kappa shape index (κ3) is 2.82. The number of allylic oxidation sites excluding steroid dienone is 2. The Morgan fingerprint density at radius 3 is 2.09 bits per heavy atom. The first-order valence-corrected chi connectivity index (χ1v) is 6.68. The molecule has 3 nitrogen and oxygen atoms in total. The van der Waals surface area contributed by atoms with Crippen LogP contribution in [-0.4, -0.2) is 35.6 Å². The van der Waals surface area contributed by atoms with Crippen LogP contribution in [0.4, 0.5) is 26.3 Å². The van der Waals surface area contributed by atoms with Crippen molar-refractivity contribution in [3.8, 4) is 0 Å². The standard InChI is InChI=1S/C13H14F6O3/c14-12(15,16)11(21,13(17,18)19)10(20)22-4-3-9-6-7-1-2-8(9)5-7/h1-2,7-9,21H,3-6H2. The van der Waals surface area contributed by atoms with Gasteiger partial charge in [0.1, 0.15) is 0 Å². The van der Waals surface area contributed by atoms with Crippen molar-refractivity contribution in [2.45, 2.75) is 37.2 Å². The summed E-state index contributed by atoms with van der Waals surface area (Å²) >= 11 is 0. The SMILES string of the molecule is O=C(OCCC1CC2C=CC1C2)C(O)(C(F)(F)F)C(F)(F)F. The summed E-state index contributed by atoms with van der Waals surface area (Å²) in [4.78, 5) is 11.2. The third-order valence-electron chi connectivity index (χ3n) is 4.25. The molecule has 3 atom stereocenters. The van der Waals surface area contributed by atoms with E-state index in [2.05, 4.69) is 4.74 Å². The highest BCUT2D eigenvalue weighted by atomic mass is 19.4. The van der Waals surface area contributed by atoms with Crippen LogP contribution in [0.1, 0.15) is 19.3 Å². The molecule has 2 aliphatic rings. The second-order valence-corrected chi connectivity index (χ2v) is 5.67. The lowest BCUT2D eigenvalue weighted by atomic mass is 9.91. The van der Waals surface area contributed by atoms with Gasteiger partial charge in [-0.3, -0.25) is 0 Å². The zero-order valence-corrected chi connectivity index (χ0v) is 11.2. The van der Waals surface area contributed by atoms with Crippen molar-refractivity contribution in [3.05, 3.63) is 12.2 Å². The number of aliphatic hydroxyl groups is 1. The van der Waals surface area contributed by atoms with Gasteiger partial charge in [0.15, 0.2) is 0 Å². The fraction of sp³-hybridized carbons (Fsp3) is 0.769. The molecule has 2 rings (SSSR count). The molecule has 9 heteroatoms. The van der Waals surface area contributed by atoms with Crippen molar-refractivity contribution >= 4 is 5.97 Å². The molecule has 0 amide bonds. The van der Waals surface area contributed by atoms with Crippen LogP contribution in [0.5, 0.6) is 0 Å². The maximum absolute atomic E-state index is 12.4. The summed E-state index contributed by atoms with van der Waals surface area (Å²) in [6.45, 7) is -0.588. The molecule has 1 fully saturated rings. The van der Waals surface area contributed by atoms with E-state index in [1.54, 1.807) is 0 Å². The lowest BCUT2D eigenvalue weighted by molar-refractivity contribution is -0.357. The van der Waals surface area contributed by atoms with Gasteiger partial charge in [-0.25, -0.2) is 4.79 Å². The summed E-state index contributed by atoms with van der Waals surface area (Å²) in [6, 6.07) is 0. The number of alkyl halides is 6. The summed E-state index contributed by atoms with van der Waals surface area (Å²) in [6.07, 6.45) is -6.55. The van der Waals surface area contributed by atoms with E-state index in [1.165, 1.54) is 0 Å². The van der Waals surface area contributed by atoms with Gasteiger partial charge in [0.2, 0.25) is 0 Å². The van der Waals surface area contributed by atoms with E-state index in [-0.39, 0.29) is 18.3 Å². The summed E-state index contributed by atoms with van der Waals surface area (Å²) in [5, 5.41) is 8.81. The molecule has 0 aromatic carbocycles. The zero-order chi connectivity index (χ0) is 16.8. The zero-order valence-electron chi connectivity index (χ0n) is 11.2. The van der Waals surface area contributed by atoms with Crippen LogP contribution in [-0.2, 0) is 9.53 Å². The first-order chi connectivity index (χ1) is 9.97. The van der Waals surface area contributed by atoms with E-state index < -0.39 is 30.5 Å². The van der Waals surface area contributed by atoms with Crippen molar-refractivity contribution in [2.24, 2.45) is 17.8 Å². The van der Waals surface area contributed by atoms with Gasteiger partial charge in [-0.2, -0.15) is 26.3 Å². The summed E-state index contributed by atoms with van der Waals surface area (Å²) in [5.41, 5.74) is -5.49. The van der Waals surface area contributed by atoms with E-state index in [4.69, 9.17) is 5.11 Å². The quantitative estimate of drug-likeness (QED) is 0.489. The molecule has 0 aromatic rings. The number of esters is 1. The maximum Gasteiger partial charge on any atom is 0.437 e. The van der Waals surface area contributed by atoms with Crippen molar-refractivity contribution in [3.63, 3.8) is 0 Å². The monoisotopic (exact) mass is 332 g/mol. The van der Waals surface area contributed by atoms with Gasteiger partial charge in [0, 0.05) is 0 Å². The Labute approximate surface area is 121 Å². The van der Waals surface area contributed by atoms with Crippen LogP contribution in [0.15, 0.2) is 12.2 Å². The summed E-state index contributed by atoms with van der Waals surface area (Å²) < 4.78 is 78.6. The average molecular weight is 332 g/mol. The second-order valence-electron chi connectivity index (χ2n) is 5.67. The molecule has 1 N–H and O–H groups in total. The predicted molar refractivity (Wildman–Crippen MR) is 61.5 cm³/mol. The fourth-order valence-electron chi connectivity index (χ4n) is 3.03. The summed E-state index contributed by atoms with van der Waals surface area (Å²) in [7, 11) is 0. The number of halogens is 6. The van der Waals surface area contributed by atoms with Gasteiger partial charge >= 0.3 is 23.9 Å². The average Bonchev–Trinajstić information content (AvgIpc) is 2.97. The van der Waals surface area contributed by atoms with E-state index >= 15 is 0 Å². The molecule has 2 bridgehead atoms. The first-order valence-electron chi connectivity index (χ1n) is 6.68. The van der Waals surface area contributed by atoms with Crippen molar-refractivity contribution in [2.75, 3.05) is 6.61 Å². The number of rotatable bonds is 4. The smallest absolute Gasteiger partial charge is 0.437 e. The minimum Gasteiger partial charge on any atom is -0.463 e. The topological polar surface area (TPSA) is 46.5 Å². The molecule has 0 aliphatic heterocycles. The Morgan fingerprint density at radius 2 is 1.68 bits per heavy atom. The van der Waals surface area contributed by atoms with Gasteiger partial charge in [-0.1, -0.05) is 12.2 Å². The van der Waals surface area contributed by atoms with Gasteiger partial charge in [-0.15, -0.1) is 0 Å². The summed E-state index contributed by atoms with van der Waals surface area (Å²) in [5.74, 6) is -2.04. The Bertz CT molecular complexity index is 453. The predicted octanol–water partition coefficient (Wildman–Crippen LogP) is 2.99. The van der Waals surface area contributed by atoms with Crippen LogP contribution < -0.4 is 0 Å². The van der Waals surface area contributed by atoms with Crippen molar-refractivity contribution in [1.82, 2.24) is 0 Å². The Kier molecular flexibility index (Phi) is 4.23.